The normalized spacial score (nSPS) is 17.2. The molecule has 10 nitrogen and oxygen atoms in total. The summed E-state index contributed by atoms with van der Waals surface area (Å²) in [5, 5.41) is 22.2. The van der Waals surface area contributed by atoms with Gasteiger partial charge >= 0.3 is 6.09 Å². The lowest BCUT2D eigenvalue weighted by Crippen LogP contribution is -2.60. The summed E-state index contributed by atoms with van der Waals surface area (Å²) in [7, 11) is 0. The van der Waals surface area contributed by atoms with Gasteiger partial charge in [-0.05, 0) is 69.5 Å². The van der Waals surface area contributed by atoms with Crippen LogP contribution in [0, 0.1) is 0 Å². The summed E-state index contributed by atoms with van der Waals surface area (Å²) in [4.78, 5) is 31.1. The van der Waals surface area contributed by atoms with Gasteiger partial charge in [0.25, 0.3) is 5.91 Å². The molecular weight excluding hydrogens is 618 g/mol. The molecule has 3 aromatic carbocycles. The molecule has 0 radical (unpaired) electrons. The van der Waals surface area contributed by atoms with Crippen LogP contribution in [-0.2, 0) is 14.9 Å². The van der Waals surface area contributed by atoms with Gasteiger partial charge in [0, 0.05) is 56.5 Å². The molecule has 2 saturated heterocycles. The molecule has 0 atom stereocenters. The minimum absolute atomic E-state index is 0.163. The number of anilines is 1. The number of carbonyl (C=O) groups is 2. The number of piperidine rings is 2. The third-order valence-electron chi connectivity index (χ3n) is 9.57. The minimum Gasteiger partial charge on any atom is -0.507 e. The number of hydrogen-bond acceptors (Lipinski definition) is 8. The number of hydrogen-bond donors (Lipinski definition) is 2. The zero-order chi connectivity index (χ0) is 34.5. The molecule has 10 heteroatoms. The molecule has 3 heterocycles. The second-order valence-corrected chi connectivity index (χ2v) is 14.0. The summed E-state index contributed by atoms with van der Waals surface area (Å²) in [6, 6.07) is 28.9. The summed E-state index contributed by atoms with van der Waals surface area (Å²) < 4.78 is 12.1. The van der Waals surface area contributed by atoms with Gasteiger partial charge < -0.3 is 29.7 Å². The number of carbonyl (C=O) groups excluding carboxylic acids is 2. The van der Waals surface area contributed by atoms with Crippen LogP contribution in [0.15, 0.2) is 97.2 Å². The highest BCUT2D eigenvalue weighted by atomic mass is 16.6. The summed E-state index contributed by atoms with van der Waals surface area (Å²) in [5.41, 5.74) is 1.32. The molecule has 6 rings (SSSR count). The van der Waals surface area contributed by atoms with Crippen LogP contribution >= 0.6 is 0 Å². The average molecular weight is 664 g/mol. The number of aromatic nitrogens is 2. The number of benzene rings is 3. The molecule has 2 aliphatic rings. The van der Waals surface area contributed by atoms with Crippen molar-refractivity contribution in [1.29, 1.82) is 0 Å². The van der Waals surface area contributed by atoms with Gasteiger partial charge in [0.2, 0.25) is 0 Å². The Bertz CT molecular complexity index is 1730. The quantitative estimate of drug-likeness (QED) is 0.224. The van der Waals surface area contributed by atoms with E-state index in [2.05, 4.69) is 32.5 Å². The first-order chi connectivity index (χ1) is 23.6. The molecule has 0 bridgehead atoms. The van der Waals surface area contributed by atoms with E-state index in [9.17, 15) is 14.7 Å². The van der Waals surface area contributed by atoms with Crippen molar-refractivity contribution in [3.05, 3.63) is 103 Å². The first-order valence-electron chi connectivity index (χ1n) is 17.0. The van der Waals surface area contributed by atoms with E-state index in [1.165, 1.54) is 5.56 Å². The van der Waals surface area contributed by atoms with E-state index in [0.29, 0.717) is 49.5 Å². The Labute approximate surface area is 288 Å². The van der Waals surface area contributed by atoms with Crippen LogP contribution in [0.3, 0.4) is 0 Å². The van der Waals surface area contributed by atoms with Crippen LogP contribution in [0.1, 0.15) is 52.0 Å². The Balaban J connectivity index is 1.19. The van der Waals surface area contributed by atoms with Crippen LogP contribution in [0.4, 0.5) is 10.5 Å². The van der Waals surface area contributed by atoms with Crippen LogP contribution in [0.2, 0.25) is 0 Å². The van der Waals surface area contributed by atoms with Gasteiger partial charge in [-0.2, -0.15) is 10.2 Å². The lowest BCUT2D eigenvalue weighted by Gasteiger charge is -2.45. The SMILES string of the molecule is CC(C)(C)OC(=O)N1CCC(Oc2ccccc2)(C(=O)NCC2(c3ccccc3)CCN(c3cnnc(-c4ccccc4O)c3)CC2)CC1. The molecule has 256 valence electrons. The number of nitrogens with zero attached hydrogens (tertiary/aromatic N) is 4. The minimum atomic E-state index is -1.14. The van der Waals surface area contributed by atoms with E-state index < -0.39 is 11.2 Å². The van der Waals surface area contributed by atoms with Gasteiger partial charge in [0.05, 0.1) is 17.6 Å². The smallest absolute Gasteiger partial charge is 0.410 e. The van der Waals surface area contributed by atoms with Crippen molar-refractivity contribution >= 4 is 17.7 Å². The van der Waals surface area contributed by atoms with Crippen LogP contribution < -0.4 is 15.0 Å². The van der Waals surface area contributed by atoms with E-state index in [4.69, 9.17) is 9.47 Å². The molecule has 0 spiro atoms. The van der Waals surface area contributed by atoms with Crippen LogP contribution in [0.25, 0.3) is 11.3 Å². The Morgan fingerprint density at radius 3 is 2.14 bits per heavy atom. The standard InChI is InChI=1S/C39H45N5O5/c1-37(2,3)49-36(47)44-24-20-39(21-25-44,48-31-14-8-5-9-15-31)35(46)40-28-38(29-12-6-4-7-13-29)18-22-43(23-19-38)30-26-33(42-41-27-30)32-16-10-11-17-34(32)45/h4-17,26-27,45H,18-25,28H2,1-3H3,(H,40,46). The average Bonchev–Trinajstić information content (AvgIpc) is 3.11. The highest BCUT2D eigenvalue weighted by molar-refractivity contribution is 5.86. The summed E-state index contributed by atoms with van der Waals surface area (Å²) in [6.07, 6.45) is 3.65. The van der Waals surface area contributed by atoms with Crippen molar-refractivity contribution in [2.24, 2.45) is 0 Å². The second-order valence-electron chi connectivity index (χ2n) is 14.0. The van der Waals surface area contributed by atoms with Crippen molar-refractivity contribution in [1.82, 2.24) is 20.4 Å². The van der Waals surface area contributed by atoms with Gasteiger partial charge in [0.1, 0.15) is 17.1 Å². The van der Waals surface area contributed by atoms with Crippen LogP contribution in [-0.4, -0.2) is 76.1 Å². The molecule has 2 aliphatic heterocycles. The number of para-hydroxylation sites is 2. The van der Waals surface area contributed by atoms with Crippen molar-refractivity contribution < 1.29 is 24.2 Å². The van der Waals surface area contributed by atoms with Crippen LogP contribution in [0.5, 0.6) is 11.5 Å². The maximum Gasteiger partial charge on any atom is 0.410 e. The van der Waals surface area contributed by atoms with Gasteiger partial charge in [-0.3, -0.25) is 4.79 Å². The second kappa shape index (κ2) is 14.2. The molecule has 0 unspecified atom stereocenters. The summed E-state index contributed by atoms with van der Waals surface area (Å²) in [6.45, 7) is 8.16. The Morgan fingerprint density at radius 2 is 1.49 bits per heavy atom. The number of rotatable bonds is 8. The first kappa shape index (κ1) is 33.8. The van der Waals surface area contributed by atoms with E-state index in [0.717, 1.165) is 31.6 Å². The van der Waals surface area contributed by atoms with E-state index in [1.807, 2.05) is 87.5 Å². The molecule has 1 aromatic heterocycles. The number of likely N-dealkylation sites (tertiary alicyclic amines) is 1. The summed E-state index contributed by atoms with van der Waals surface area (Å²) in [5.74, 6) is 0.600. The molecule has 2 N–H and O–H groups in total. The monoisotopic (exact) mass is 663 g/mol. The molecule has 0 saturated carbocycles. The van der Waals surface area contributed by atoms with E-state index >= 15 is 0 Å². The highest BCUT2D eigenvalue weighted by Gasteiger charge is 2.46. The third kappa shape index (κ3) is 7.80. The third-order valence-corrected chi connectivity index (χ3v) is 9.57. The number of amides is 2. The summed E-state index contributed by atoms with van der Waals surface area (Å²) >= 11 is 0. The first-order valence-corrected chi connectivity index (χ1v) is 17.0. The fourth-order valence-electron chi connectivity index (χ4n) is 6.78. The number of phenols is 1. The van der Waals surface area contributed by atoms with E-state index in [1.54, 1.807) is 23.2 Å². The predicted molar refractivity (Wildman–Crippen MR) is 189 cm³/mol. The molecule has 4 aromatic rings. The topological polar surface area (TPSA) is 117 Å². The van der Waals surface area contributed by atoms with Gasteiger partial charge in [-0.1, -0.05) is 60.7 Å². The lowest BCUT2D eigenvalue weighted by molar-refractivity contribution is -0.141. The van der Waals surface area contributed by atoms with E-state index in [-0.39, 0.29) is 23.2 Å². The van der Waals surface area contributed by atoms with Crippen molar-refractivity contribution in [2.45, 2.75) is 63.1 Å². The molecule has 0 aliphatic carbocycles. The molecule has 49 heavy (non-hydrogen) atoms. The molecule has 2 fully saturated rings. The number of phenolic OH excluding ortho intramolecular Hbond substituents is 1. The van der Waals surface area contributed by atoms with Gasteiger partial charge in [-0.25, -0.2) is 4.79 Å². The fourth-order valence-corrected chi connectivity index (χ4v) is 6.78. The Kier molecular flexibility index (Phi) is 9.76. The number of ether oxygens (including phenoxy) is 2. The maximum atomic E-state index is 14.3. The maximum absolute atomic E-state index is 14.3. The number of aromatic hydroxyl groups is 1. The zero-order valence-corrected chi connectivity index (χ0v) is 28.5. The Morgan fingerprint density at radius 1 is 0.857 bits per heavy atom. The largest absolute Gasteiger partial charge is 0.507 e. The molecule has 2 amide bonds. The lowest BCUT2D eigenvalue weighted by atomic mass is 9.72. The fraction of sp³-hybridized carbons (Fsp3) is 0.385. The van der Waals surface area contributed by atoms with Crippen molar-refractivity contribution in [3.8, 4) is 22.8 Å². The zero-order valence-electron chi connectivity index (χ0n) is 28.5. The predicted octanol–water partition coefficient (Wildman–Crippen LogP) is 6.35. The number of nitrogens with one attached hydrogen (secondary N) is 1. The highest BCUT2D eigenvalue weighted by Crippen LogP contribution is 2.38. The Hall–Kier alpha value is -5.12. The van der Waals surface area contributed by atoms with Gasteiger partial charge in [-0.15, -0.1) is 0 Å². The molecular formula is C39H45N5O5. The van der Waals surface area contributed by atoms with Gasteiger partial charge in [0.15, 0.2) is 5.60 Å². The van der Waals surface area contributed by atoms with Crippen molar-refractivity contribution in [2.75, 3.05) is 37.6 Å². The van der Waals surface area contributed by atoms with Crippen molar-refractivity contribution in [3.63, 3.8) is 0 Å².